The van der Waals surface area contributed by atoms with Crippen LogP contribution in [0.1, 0.15) is 122 Å². The van der Waals surface area contributed by atoms with Crippen LogP contribution in [0, 0.1) is 5.82 Å². The Bertz CT molecular complexity index is 615. The first-order chi connectivity index (χ1) is 16.1. The van der Waals surface area contributed by atoms with Gasteiger partial charge in [-0.15, -0.1) is 0 Å². The van der Waals surface area contributed by atoms with E-state index in [9.17, 15) is 14.0 Å². The van der Waals surface area contributed by atoms with E-state index in [1.165, 1.54) is 89.2 Å². The average Bonchev–Trinajstić information content (AvgIpc) is 2.81. The zero-order valence-electron chi connectivity index (χ0n) is 20.8. The van der Waals surface area contributed by atoms with E-state index in [0.29, 0.717) is 13.0 Å². The number of rotatable bonds is 21. The van der Waals surface area contributed by atoms with Crippen molar-refractivity contribution in [3.05, 3.63) is 35.6 Å². The van der Waals surface area contributed by atoms with E-state index in [0.717, 1.165) is 18.4 Å². The highest BCUT2D eigenvalue weighted by molar-refractivity contribution is 5.72. The highest BCUT2D eigenvalue weighted by atomic mass is 19.1. The first-order valence-electron chi connectivity index (χ1n) is 13.2. The summed E-state index contributed by atoms with van der Waals surface area (Å²) in [6, 6.07) is 5.82. The molecule has 1 aromatic rings. The smallest absolute Gasteiger partial charge is 0.306 e. The van der Waals surface area contributed by atoms with Gasteiger partial charge in [0.25, 0.3) is 0 Å². The van der Waals surface area contributed by atoms with Gasteiger partial charge in [0, 0.05) is 12.8 Å². The molecule has 4 nitrogen and oxygen atoms in total. The van der Waals surface area contributed by atoms with Crippen LogP contribution < -0.4 is 0 Å². The van der Waals surface area contributed by atoms with Crippen molar-refractivity contribution in [2.24, 2.45) is 0 Å². The molecule has 0 atom stereocenters. The third-order valence-corrected chi connectivity index (χ3v) is 5.84. The summed E-state index contributed by atoms with van der Waals surface area (Å²) in [5.74, 6) is -0.937. The lowest BCUT2D eigenvalue weighted by atomic mass is 10.0. The zero-order chi connectivity index (χ0) is 24.0. The number of ether oxygens (including phenoxy) is 2. The molecular weight excluding hydrogens is 419 g/mol. The first kappa shape index (κ1) is 29.1. The van der Waals surface area contributed by atoms with Gasteiger partial charge in [0.1, 0.15) is 12.4 Å². The number of benzene rings is 1. The first-order valence-corrected chi connectivity index (χ1v) is 13.2. The van der Waals surface area contributed by atoms with Gasteiger partial charge in [0.15, 0.2) is 0 Å². The van der Waals surface area contributed by atoms with Crippen molar-refractivity contribution in [2.45, 2.75) is 123 Å². The maximum Gasteiger partial charge on any atom is 0.306 e. The average molecular weight is 465 g/mol. The summed E-state index contributed by atoms with van der Waals surface area (Å²) in [6.45, 7) is 2.84. The molecule has 0 aliphatic carbocycles. The largest absolute Gasteiger partial charge is 0.466 e. The quantitative estimate of drug-likeness (QED) is 0.136. The standard InChI is InChI=1S/C28H45FO4/c1-2-3-4-5-6-7-8-9-10-11-12-13-14-15-23-32-27(30)17-16-18-28(31)33-24-25-19-21-26(29)22-20-25/h19-22H,2-18,23-24H2,1H3. The second-order valence-electron chi connectivity index (χ2n) is 8.96. The summed E-state index contributed by atoms with van der Waals surface area (Å²) in [5, 5.41) is 0. The number of unbranched alkanes of at least 4 members (excludes halogenated alkanes) is 13. The van der Waals surface area contributed by atoms with Crippen molar-refractivity contribution < 1.29 is 23.5 Å². The molecule has 0 saturated carbocycles. The molecule has 0 bridgehead atoms. The minimum atomic E-state index is -0.362. The van der Waals surface area contributed by atoms with Gasteiger partial charge in [-0.2, -0.15) is 0 Å². The maximum atomic E-state index is 12.8. The zero-order valence-corrected chi connectivity index (χ0v) is 20.8. The second-order valence-corrected chi connectivity index (χ2v) is 8.96. The normalized spacial score (nSPS) is 10.8. The van der Waals surface area contributed by atoms with Crippen LogP contribution in [-0.2, 0) is 25.7 Å². The summed E-state index contributed by atoms with van der Waals surface area (Å²) in [6.07, 6.45) is 19.0. The Labute approximate surface area is 200 Å². The van der Waals surface area contributed by atoms with Crippen molar-refractivity contribution in [3.8, 4) is 0 Å². The minimum absolute atomic E-state index is 0.114. The molecule has 0 heterocycles. The molecule has 0 saturated heterocycles. The Morgan fingerprint density at radius 1 is 0.636 bits per heavy atom. The van der Waals surface area contributed by atoms with Crippen molar-refractivity contribution >= 4 is 11.9 Å². The molecule has 1 aromatic carbocycles. The van der Waals surface area contributed by atoms with Gasteiger partial charge in [-0.05, 0) is 30.5 Å². The fraction of sp³-hybridized carbons (Fsp3) is 0.714. The number of hydrogen-bond acceptors (Lipinski definition) is 4. The van der Waals surface area contributed by atoms with E-state index in [-0.39, 0.29) is 37.2 Å². The lowest BCUT2D eigenvalue weighted by Gasteiger charge is -2.06. The molecule has 0 aliphatic rings. The van der Waals surface area contributed by atoms with Gasteiger partial charge in [0.05, 0.1) is 6.61 Å². The molecular formula is C28H45FO4. The van der Waals surface area contributed by atoms with E-state index >= 15 is 0 Å². The Balaban J connectivity index is 1.83. The van der Waals surface area contributed by atoms with Gasteiger partial charge in [-0.25, -0.2) is 4.39 Å². The van der Waals surface area contributed by atoms with Gasteiger partial charge in [-0.3, -0.25) is 9.59 Å². The molecule has 1 rings (SSSR count). The molecule has 0 amide bonds. The molecule has 33 heavy (non-hydrogen) atoms. The number of hydrogen-bond donors (Lipinski definition) is 0. The molecule has 5 heteroatoms. The summed E-state index contributed by atoms with van der Waals surface area (Å²) in [7, 11) is 0. The van der Waals surface area contributed by atoms with Crippen molar-refractivity contribution in [3.63, 3.8) is 0 Å². The van der Waals surface area contributed by atoms with Gasteiger partial charge in [0.2, 0.25) is 0 Å². The van der Waals surface area contributed by atoms with Crippen LogP contribution in [0.15, 0.2) is 24.3 Å². The third kappa shape index (κ3) is 18.2. The molecule has 0 unspecified atom stereocenters. The molecule has 0 aliphatic heterocycles. The van der Waals surface area contributed by atoms with Crippen molar-refractivity contribution in [2.75, 3.05) is 6.61 Å². The molecule has 188 valence electrons. The van der Waals surface area contributed by atoms with Crippen LogP contribution in [0.25, 0.3) is 0 Å². The SMILES string of the molecule is CCCCCCCCCCCCCCCCOC(=O)CCCC(=O)OCc1ccc(F)cc1. The summed E-state index contributed by atoms with van der Waals surface area (Å²) >= 11 is 0. The van der Waals surface area contributed by atoms with Crippen LogP contribution in [0.4, 0.5) is 4.39 Å². The van der Waals surface area contributed by atoms with Gasteiger partial charge in [-0.1, -0.05) is 103 Å². The summed E-state index contributed by atoms with van der Waals surface area (Å²) < 4.78 is 23.2. The number of carbonyl (C=O) groups excluding carboxylic acids is 2. The monoisotopic (exact) mass is 464 g/mol. The molecule has 0 N–H and O–H groups in total. The lowest BCUT2D eigenvalue weighted by Crippen LogP contribution is -2.09. The van der Waals surface area contributed by atoms with Crippen molar-refractivity contribution in [1.29, 1.82) is 0 Å². The van der Waals surface area contributed by atoms with E-state index in [4.69, 9.17) is 9.47 Å². The van der Waals surface area contributed by atoms with Gasteiger partial charge < -0.3 is 9.47 Å². The summed E-state index contributed by atoms with van der Waals surface area (Å²) in [4.78, 5) is 23.5. The Morgan fingerprint density at radius 3 is 1.61 bits per heavy atom. The predicted molar refractivity (Wildman–Crippen MR) is 131 cm³/mol. The molecule has 0 aromatic heterocycles. The Morgan fingerprint density at radius 2 is 1.09 bits per heavy atom. The van der Waals surface area contributed by atoms with Crippen LogP contribution in [0.2, 0.25) is 0 Å². The van der Waals surface area contributed by atoms with E-state index in [1.807, 2.05) is 0 Å². The highest BCUT2D eigenvalue weighted by Gasteiger charge is 2.08. The number of esters is 2. The van der Waals surface area contributed by atoms with Crippen LogP contribution in [-0.4, -0.2) is 18.5 Å². The molecule has 0 spiro atoms. The van der Waals surface area contributed by atoms with E-state index in [2.05, 4.69) is 6.92 Å². The maximum absolute atomic E-state index is 12.8. The molecule has 0 radical (unpaired) electrons. The predicted octanol–water partition coefficient (Wildman–Crippen LogP) is 8.06. The van der Waals surface area contributed by atoms with Crippen LogP contribution in [0.3, 0.4) is 0 Å². The Hall–Kier alpha value is -1.91. The summed E-state index contributed by atoms with van der Waals surface area (Å²) in [5.41, 5.74) is 0.734. The Kier molecular flexibility index (Phi) is 18.2. The third-order valence-electron chi connectivity index (χ3n) is 5.84. The molecule has 0 fully saturated rings. The van der Waals surface area contributed by atoms with E-state index in [1.54, 1.807) is 12.1 Å². The fourth-order valence-electron chi connectivity index (χ4n) is 3.75. The fourth-order valence-corrected chi connectivity index (χ4v) is 3.75. The van der Waals surface area contributed by atoms with E-state index < -0.39 is 0 Å². The van der Waals surface area contributed by atoms with Crippen LogP contribution >= 0.6 is 0 Å². The minimum Gasteiger partial charge on any atom is -0.466 e. The second kappa shape index (κ2) is 20.7. The number of halogens is 1. The van der Waals surface area contributed by atoms with Gasteiger partial charge >= 0.3 is 11.9 Å². The number of carbonyl (C=O) groups is 2. The lowest BCUT2D eigenvalue weighted by molar-refractivity contribution is -0.146. The highest BCUT2D eigenvalue weighted by Crippen LogP contribution is 2.13. The van der Waals surface area contributed by atoms with Crippen LogP contribution in [0.5, 0.6) is 0 Å². The van der Waals surface area contributed by atoms with Crippen molar-refractivity contribution in [1.82, 2.24) is 0 Å². The topological polar surface area (TPSA) is 52.6 Å².